The average molecular weight is 858 g/mol. The number of ether oxygens (including phenoxy) is 1. The van der Waals surface area contributed by atoms with Crippen molar-refractivity contribution in [3.63, 3.8) is 0 Å². The third kappa shape index (κ3) is 44.5. The molecule has 0 spiro atoms. The highest BCUT2D eigenvalue weighted by Gasteiger charge is 2.24. The third-order valence-electron chi connectivity index (χ3n) is 12.2. The van der Waals surface area contributed by atoms with E-state index in [4.69, 9.17) is 4.74 Å². The van der Waals surface area contributed by atoms with Crippen molar-refractivity contribution in [2.24, 2.45) is 0 Å². The third-order valence-corrected chi connectivity index (χ3v) is 12.2. The number of aliphatic hydroxyl groups is 2. The van der Waals surface area contributed by atoms with Gasteiger partial charge in [0.1, 0.15) is 6.10 Å². The van der Waals surface area contributed by atoms with Gasteiger partial charge in [0.25, 0.3) is 0 Å². The van der Waals surface area contributed by atoms with Crippen LogP contribution in [-0.2, 0) is 14.3 Å². The lowest BCUT2D eigenvalue weighted by atomic mass is 10.0. The van der Waals surface area contributed by atoms with Crippen LogP contribution in [0.1, 0.15) is 278 Å². The highest BCUT2D eigenvalue weighted by atomic mass is 16.5. The Morgan fingerprint density at radius 3 is 1.28 bits per heavy atom. The molecule has 0 heterocycles. The first-order chi connectivity index (χ1) is 30.0. The fourth-order valence-corrected chi connectivity index (χ4v) is 8.12. The molecule has 0 aliphatic heterocycles. The van der Waals surface area contributed by atoms with E-state index in [0.717, 1.165) is 77.0 Å². The maximum absolute atomic E-state index is 13.2. The van der Waals surface area contributed by atoms with E-state index in [0.29, 0.717) is 19.3 Å². The van der Waals surface area contributed by atoms with Crippen LogP contribution in [0.3, 0.4) is 0 Å². The summed E-state index contributed by atoms with van der Waals surface area (Å²) in [5.74, 6) is -0.510. The normalized spacial score (nSPS) is 13.5. The van der Waals surface area contributed by atoms with E-state index < -0.39 is 18.2 Å². The smallest absolute Gasteiger partial charge is 0.306 e. The fraction of sp³-hybridized carbons (Fsp3) is 0.855. The highest BCUT2D eigenvalue weighted by Crippen LogP contribution is 2.17. The van der Waals surface area contributed by atoms with Crippen molar-refractivity contribution in [1.82, 2.24) is 5.32 Å². The lowest BCUT2D eigenvalue weighted by molar-refractivity contribution is -0.151. The molecule has 3 unspecified atom stereocenters. The molecule has 0 bridgehead atoms. The van der Waals surface area contributed by atoms with E-state index in [-0.39, 0.29) is 24.9 Å². The summed E-state index contributed by atoms with van der Waals surface area (Å²) in [6.07, 6.45) is 57.7. The lowest BCUT2D eigenvalue weighted by Gasteiger charge is -2.24. The molecule has 0 saturated carbocycles. The Morgan fingerprint density at radius 2 is 0.836 bits per heavy atom. The van der Waals surface area contributed by atoms with Crippen LogP contribution in [0.5, 0.6) is 0 Å². The van der Waals surface area contributed by atoms with Crippen LogP contribution in [0.4, 0.5) is 0 Å². The number of carbonyl (C=O) groups is 2. The van der Waals surface area contributed by atoms with E-state index >= 15 is 0 Å². The van der Waals surface area contributed by atoms with Crippen molar-refractivity contribution in [3.8, 4) is 0 Å². The van der Waals surface area contributed by atoms with Crippen LogP contribution >= 0.6 is 0 Å². The summed E-state index contributed by atoms with van der Waals surface area (Å²) < 4.78 is 5.92. The van der Waals surface area contributed by atoms with Gasteiger partial charge in [0, 0.05) is 6.42 Å². The second-order valence-electron chi connectivity index (χ2n) is 18.3. The zero-order chi connectivity index (χ0) is 44.5. The number of rotatable bonds is 48. The Balaban J connectivity index is 4.64. The molecule has 0 fully saturated rings. The summed E-state index contributed by atoms with van der Waals surface area (Å²) in [7, 11) is 0. The molecule has 0 radical (unpaired) electrons. The standard InChI is InChI=1S/C55H103NO5/c1-4-7-10-13-16-19-22-25-27-28-29-31-34-37-40-43-46-51(61-55(60)48-45-42-39-36-33-30-26-23-20-17-14-11-8-5-2)49-54(59)56-52(50-57)53(58)47-44-41-38-35-32-24-21-18-15-12-9-6-3/h27-31,33,51-53,57-58H,4-26,32,34-50H2,1-3H3,(H,56,59)/b28-27+,31-29+,33-30-. The molecular formula is C55H103NO5. The predicted molar refractivity (Wildman–Crippen MR) is 264 cm³/mol. The number of hydrogen-bond acceptors (Lipinski definition) is 5. The first-order valence-electron chi connectivity index (χ1n) is 26.7. The van der Waals surface area contributed by atoms with E-state index in [9.17, 15) is 19.8 Å². The average Bonchev–Trinajstić information content (AvgIpc) is 3.25. The van der Waals surface area contributed by atoms with Gasteiger partial charge in [-0.05, 0) is 77.0 Å². The molecule has 61 heavy (non-hydrogen) atoms. The zero-order valence-corrected chi connectivity index (χ0v) is 40.8. The predicted octanol–water partition coefficient (Wildman–Crippen LogP) is 16.1. The van der Waals surface area contributed by atoms with Crippen molar-refractivity contribution in [2.75, 3.05) is 6.61 Å². The Labute approximate surface area is 379 Å². The number of nitrogens with one attached hydrogen (secondary N) is 1. The van der Waals surface area contributed by atoms with Gasteiger partial charge in [-0.15, -0.1) is 0 Å². The van der Waals surface area contributed by atoms with E-state index in [1.165, 1.54) is 154 Å². The molecular weight excluding hydrogens is 755 g/mol. The number of aliphatic hydroxyl groups excluding tert-OH is 2. The summed E-state index contributed by atoms with van der Waals surface area (Å²) in [5.41, 5.74) is 0. The van der Waals surface area contributed by atoms with Crippen molar-refractivity contribution in [1.29, 1.82) is 0 Å². The molecule has 358 valence electrons. The quantitative estimate of drug-likeness (QED) is 0.0245. The van der Waals surface area contributed by atoms with Gasteiger partial charge in [0.05, 0.1) is 25.2 Å². The molecule has 0 aliphatic rings. The van der Waals surface area contributed by atoms with Crippen LogP contribution < -0.4 is 5.32 Å². The second kappa shape index (κ2) is 49.1. The molecule has 3 N–H and O–H groups in total. The van der Waals surface area contributed by atoms with Gasteiger partial charge in [-0.3, -0.25) is 9.59 Å². The zero-order valence-electron chi connectivity index (χ0n) is 40.8. The molecule has 6 heteroatoms. The summed E-state index contributed by atoms with van der Waals surface area (Å²) in [5, 5.41) is 23.8. The summed E-state index contributed by atoms with van der Waals surface area (Å²) >= 11 is 0. The Morgan fingerprint density at radius 1 is 0.475 bits per heavy atom. The fourth-order valence-electron chi connectivity index (χ4n) is 8.12. The monoisotopic (exact) mass is 858 g/mol. The minimum absolute atomic E-state index is 0.0561. The lowest BCUT2D eigenvalue weighted by Crippen LogP contribution is -2.46. The number of allylic oxidation sites excluding steroid dienone is 6. The van der Waals surface area contributed by atoms with Crippen LogP contribution in [-0.4, -0.2) is 46.9 Å². The van der Waals surface area contributed by atoms with Crippen molar-refractivity contribution in [2.45, 2.75) is 296 Å². The topological polar surface area (TPSA) is 95.9 Å². The summed E-state index contributed by atoms with van der Waals surface area (Å²) in [6, 6.07) is -0.711. The SMILES string of the molecule is CCCCCCCCC/C=C\CCCCCC(=O)OC(CCCCC/C=C/C=C/CCCCCCCCC)CC(=O)NC(CO)C(O)CCCCCCCCCCCCCC. The Kier molecular flexibility index (Phi) is 47.6. The molecule has 0 aliphatic carbocycles. The number of unbranched alkanes of at least 4 members (excludes halogenated alkanes) is 31. The maximum atomic E-state index is 13.2. The van der Waals surface area contributed by atoms with Gasteiger partial charge in [-0.1, -0.05) is 224 Å². The van der Waals surface area contributed by atoms with Crippen LogP contribution in [0, 0.1) is 0 Å². The van der Waals surface area contributed by atoms with E-state index in [1.807, 2.05) is 0 Å². The minimum Gasteiger partial charge on any atom is -0.462 e. The number of esters is 1. The largest absolute Gasteiger partial charge is 0.462 e. The highest BCUT2D eigenvalue weighted by molar-refractivity contribution is 5.77. The molecule has 3 atom stereocenters. The van der Waals surface area contributed by atoms with E-state index in [2.05, 4.69) is 62.5 Å². The van der Waals surface area contributed by atoms with Crippen LogP contribution in [0.2, 0.25) is 0 Å². The maximum Gasteiger partial charge on any atom is 0.306 e. The van der Waals surface area contributed by atoms with Gasteiger partial charge in [0.15, 0.2) is 0 Å². The second-order valence-corrected chi connectivity index (χ2v) is 18.3. The number of hydrogen-bond donors (Lipinski definition) is 3. The van der Waals surface area contributed by atoms with Crippen molar-refractivity contribution >= 4 is 11.9 Å². The van der Waals surface area contributed by atoms with Crippen LogP contribution in [0.15, 0.2) is 36.5 Å². The molecule has 0 rings (SSSR count). The van der Waals surface area contributed by atoms with Crippen molar-refractivity contribution < 1.29 is 24.5 Å². The molecule has 0 aromatic heterocycles. The summed E-state index contributed by atoms with van der Waals surface area (Å²) in [4.78, 5) is 26.1. The van der Waals surface area contributed by atoms with Crippen molar-refractivity contribution in [3.05, 3.63) is 36.5 Å². The molecule has 0 aromatic carbocycles. The minimum atomic E-state index is -0.795. The molecule has 1 amide bonds. The molecule has 0 aromatic rings. The molecule has 0 saturated heterocycles. The van der Waals surface area contributed by atoms with Gasteiger partial charge >= 0.3 is 5.97 Å². The van der Waals surface area contributed by atoms with Crippen LogP contribution in [0.25, 0.3) is 0 Å². The Hall–Kier alpha value is -1.92. The number of carbonyl (C=O) groups excluding carboxylic acids is 2. The van der Waals surface area contributed by atoms with Gasteiger partial charge < -0.3 is 20.3 Å². The Bertz CT molecular complexity index is 1010. The molecule has 6 nitrogen and oxygen atoms in total. The first-order valence-corrected chi connectivity index (χ1v) is 26.7. The van der Waals surface area contributed by atoms with Gasteiger partial charge in [-0.2, -0.15) is 0 Å². The first kappa shape index (κ1) is 59.1. The number of amides is 1. The van der Waals surface area contributed by atoms with Gasteiger partial charge in [-0.25, -0.2) is 0 Å². The van der Waals surface area contributed by atoms with Gasteiger partial charge in [0.2, 0.25) is 5.91 Å². The summed E-state index contributed by atoms with van der Waals surface area (Å²) in [6.45, 7) is 6.47. The van der Waals surface area contributed by atoms with E-state index in [1.54, 1.807) is 0 Å².